The molecule has 0 aliphatic rings. The van der Waals surface area contributed by atoms with Crippen LogP contribution in [0.15, 0.2) is 18.2 Å². The van der Waals surface area contributed by atoms with E-state index in [0.717, 1.165) is 23.4 Å². The van der Waals surface area contributed by atoms with Gasteiger partial charge in [0.2, 0.25) is 0 Å². The molecule has 0 unspecified atom stereocenters. The van der Waals surface area contributed by atoms with Gasteiger partial charge in [0, 0.05) is 12.6 Å². The Bertz CT molecular complexity index is 540. The quantitative estimate of drug-likeness (QED) is 0.899. The first-order valence-corrected chi connectivity index (χ1v) is 6.37. The van der Waals surface area contributed by atoms with Crippen molar-refractivity contribution in [1.82, 2.24) is 14.5 Å². The lowest BCUT2D eigenvalue weighted by Crippen LogP contribution is -2.16. The zero-order valence-electron chi connectivity index (χ0n) is 11.6. The summed E-state index contributed by atoms with van der Waals surface area (Å²) in [5.74, 6) is 1.11. The lowest BCUT2D eigenvalue weighted by atomic mass is 10.2. The molecule has 1 aromatic heterocycles. The summed E-state index contributed by atoms with van der Waals surface area (Å²) in [6.07, 6.45) is 0. The monoisotopic (exact) mass is 246 g/mol. The van der Waals surface area contributed by atoms with Crippen molar-refractivity contribution in [2.24, 2.45) is 5.73 Å². The van der Waals surface area contributed by atoms with Crippen LogP contribution in [0.25, 0.3) is 11.0 Å². The molecular weight excluding hydrogens is 224 g/mol. The number of benzene rings is 1. The second-order valence-electron chi connectivity index (χ2n) is 5.26. The third-order valence-electron chi connectivity index (χ3n) is 3.04. The van der Waals surface area contributed by atoms with Gasteiger partial charge >= 0.3 is 0 Å². The number of hydrogen-bond donors (Lipinski definition) is 1. The molecule has 0 aliphatic heterocycles. The lowest BCUT2D eigenvalue weighted by Gasteiger charge is -2.15. The van der Waals surface area contributed by atoms with Crippen LogP contribution in [-0.2, 0) is 13.1 Å². The van der Waals surface area contributed by atoms with Crippen molar-refractivity contribution in [3.05, 3.63) is 29.6 Å². The molecule has 2 N–H and O–H groups in total. The maximum Gasteiger partial charge on any atom is 0.124 e. The average molecular weight is 246 g/mol. The van der Waals surface area contributed by atoms with Crippen molar-refractivity contribution in [2.45, 2.75) is 33.0 Å². The van der Waals surface area contributed by atoms with E-state index in [1.54, 1.807) is 0 Å². The van der Waals surface area contributed by atoms with E-state index in [2.05, 4.69) is 55.6 Å². The van der Waals surface area contributed by atoms with Gasteiger partial charge < -0.3 is 15.2 Å². The van der Waals surface area contributed by atoms with E-state index in [-0.39, 0.29) is 0 Å². The Balaban J connectivity index is 2.58. The van der Waals surface area contributed by atoms with Gasteiger partial charge in [-0.05, 0) is 45.6 Å². The van der Waals surface area contributed by atoms with E-state index in [1.807, 2.05) is 0 Å². The van der Waals surface area contributed by atoms with Crippen molar-refractivity contribution in [3.63, 3.8) is 0 Å². The fourth-order valence-electron chi connectivity index (χ4n) is 2.29. The fraction of sp³-hybridized carbons (Fsp3) is 0.500. The minimum absolute atomic E-state index is 0.411. The molecule has 18 heavy (non-hydrogen) atoms. The van der Waals surface area contributed by atoms with Crippen molar-refractivity contribution in [2.75, 3.05) is 14.1 Å². The van der Waals surface area contributed by atoms with Gasteiger partial charge in [-0.2, -0.15) is 0 Å². The normalized spacial score (nSPS) is 11.9. The summed E-state index contributed by atoms with van der Waals surface area (Å²) in [6, 6.07) is 6.72. The molecule has 0 radical (unpaired) electrons. The van der Waals surface area contributed by atoms with Crippen LogP contribution in [0, 0.1) is 0 Å². The number of nitrogens with two attached hydrogens (primary N) is 1. The predicted molar refractivity (Wildman–Crippen MR) is 75.4 cm³/mol. The molecule has 4 nitrogen and oxygen atoms in total. The molecule has 0 saturated carbocycles. The summed E-state index contributed by atoms with van der Waals surface area (Å²) in [5, 5.41) is 0. The highest BCUT2D eigenvalue weighted by molar-refractivity contribution is 5.77. The molecule has 0 amide bonds. The molecule has 0 bridgehead atoms. The standard InChI is InChI=1S/C14H22N4/c1-10(2)18-13-6-5-11(8-15)7-12(13)16-14(18)9-17(3)4/h5-7,10H,8-9,15H2,1-4H3. The number of nitrogens with zero attached hydrogens (tertiary/aromatic N) is 3. The van der Waals surface area contributed by atoms with Gasteiger partial charge in [-0.15, -0.1) is 0 Å². The van der Waals surface area contributed by atoms with E-state index in [9.17, 15) is 0 Å². The predicted octanol–water partition coefficient (Wildman–Crippen LogP) is 2.14. The van der Waals surface area contributed by atoms with Crippen molar-refractivity contribution in [3.8, 4) is 0 Å². The minimum atomic E-state index is 0.411. The zero-order valence-corrected chi connectivity index (χ0v) is 11.6. The zero-order chi connectivity index (χ0) is 13.3. The molecule has 0 spiro atoms. The Morgan fingerprint density at radius 3 is 2.61 bits per heavy atom. The third-order valence-corrected chi connectivity index (χ3v) is 3.04. The maximum atomic E-state index is 5.68. The molecule has 0 fully saturated rings. The van der Waals surface area contributed by atoms with Gasteiger partial charge in [0.25, 0.3) is 0 Å². The van der Waals surface area contributed by atoms with Gasteiger partial charge in [-0.1, -0.05) is 6.07 Å². The molecule has 0 aliphatic carbocycles. The maximum absolute atomic E-state index is 5.68. The smallest absolute Gasteiger partial charge is 0.124 e. The van der Waals surface area contributed by atoms with E-state index < -0.39 is 0 Å². The van der Waals surface area contributed by atoms with Gasteiger partial charge in [0.15, 0.2) is 0 Å². The molecule has 4 heteroatoms. The number of rotatable bonds is 4. The number of aromatic nitrogens is 2. The van der Waals surface area contributed by atoms with E-state index >= 15 is 0 Å². The summed E-state index contributed by atoms with van der Waals surface area (Å²) in [6.45, 7) is 5.80. The van der Waals surface area contributed by atoms with E-state index in [0.29, 0.717) is 12.6 Å². The van der Waals surface area contributed by atoms with Crippen LogP contribution in [-0.4, -0.2) is 28.5 Å². The molecule has 0 atom stereocenters. The Morgan fingerprint density at radius 2 is 2.06 bits per heavy atom. The Morgan fingerprint density at radius 1 is 1.33 bits per heavy atom. The first kappa shape index (κ1) is 13.1. The highest BCUT2D eigenvalue weighted by Crippen LogP contribution is 2.22. The van der Waals surface area contributed by atoms with Crippen LogP contribution in [0.3, 0.4) is 0 Å². The highest BCUT2D eigenvalue weighted by atomic mass is 15.2. The number of imidazole rings is 1. The van der Waals surface area contributed by atoms with Crippen molar-refractivity contribution >= 4 is 11.0 Å². The van der Waals surface area contributed by atoms with Crippen LogP contribution < -0.4 is 5.73 Å². The van der Waals surface area contributed by atoms with Crippen molar-refractivity contribution in [1.29, 1.82) is 0 Å². The van der Waals surface area contributed by atoms with Gasteiger partial charge in [0.1, 0.15) is 5.82 Å². The molecule has 1 heterocycles. The Kier molecular flexibility index (Phi) is 3.68. The van der Waals surface area contributed by atoms with Gasteiger partial charge in [-0.25, -0.2) is 4.98 Å². The second-order valence-corrected chi connectivity index (χ2v) is 5.26. The second kappa shape index (κ2) is 5.08. The van der Waals surface area contributed by atoms with Crippen LogP contribution in [0.1, 0.15) is 31.3 Å². The summed E-state index contributed by atoms with van der Waals surface area (Å²) >= 11 is 0. The van der Waals surface area contributed by atoms with E-state index in [4.69, 9.17) is 10.7 Å². The van der Waals surface area contributed by atoms with Crippen LogP contribution in [0.2, 0.25) is 0 Å². The van der Waals surface area contributed by atoms with Crippen LogP contribution in [0.4, 0.5) is 0 Å². The molecule has 98 valence electrons. The first-order chi connectivity index (χ1) is 8.52. The minimum Gasteiger partial charge on any atom is -0.326 e. The summed E-state index contributed by atoms with van der Waals surface area (Å²) in [5.41, 5.74) is 9.05. The Labute approximate surface area is 108 Å². The lowest BCUT2D eigenvalue weighted by molar-refractivity contribution is 0.377. The molecule has 1 aromatic carbocycles. The van der Waals surface area contributed by atoms with E-state index in [1.165, 1.54) is 5.52 Å². The highest BCUT2D eigenvalue weighted by Gasteiger charge is 2.13. The summed E-state index contributed by atoms with van der Waals surface area (Å²) < 4.78 is 2.30. The van der Waals surface area contributed by atoms with Crippen molar-refractivity contribution < 1.29 is 0 Å². The largest absolute Gasteiger partial charge is 0.326 e. The van der Waals surface area contributed by atoms with Crippen LogP contribution >= 0.6 is 0 Å². The fourth-order valence-corrected chi connectivity index (χ4v) is 2.29. The molecule has 2 aromatic rings. The van der Waals surface area contributed by atoms with Gasteiger partial charge in [-0.3, -0.25) is 0 Å². The topological polar surface area (TPSA) is 47.1 Å². The molecule has 2 rings (SSSR count). The number of fused-ring (bicyclic) bond motifs is 1. The first-order valence-electron chi connectivity index (χ1n) is 6.37. The molecular formula is C14H22N4. The average Bonchev–Trinajstić information content (AvgIpc) is 2.64. The number of hydrogen-bond acceptors (Lipinski definition) is 3. The third kappa shape index (κ3) is 2.40. The molecule has 0 saturated heterocycles. The van der Waals surface area contributed by atoms with Crippen LogP contribution in [0.5, 0.6) is 0 Å². The Hall–Kier alpha value is -1.39. The summed E-state index contributed by atoms with van der Waals surface area (Å²) in [7, 11) is 4.13. The van der Waals surface area contributed by atoms with Gasteiger partial charge in [0.05, 0.1) is 17.6 Å². The summed E-state index contributed by atoms with van der Waals surface area (Å²) in [4.78, 5) is 6.89. The SMILES string of the molecule is CC(C)n1c(CN(C)C)nc2cc(CN)ccc21.